The van der Waals surface area contributed by atoms with Crippen LogP contribution in [0.1, 0.15) is 45.2 Å². The lowest BCUT2D eigenvalue weighted by Crippen LogP contribution is -2.46. The van der Waals surface area contributed by atoms with E-state index in [2.05, 4.69) is 10.2 Å². The van der Waals surface area contributed by atoms with E-state index in [1.807, 2.05) is 39.0 Å². The molecule has 5 nitrogen and oxygen atoms in total. The first-order valence-electron chi connectivity index (χ1n) is 8.26. The summed E-state index contributed by atoms with van der Waals surface area (Å²) in [6.45, 7) is 6.87. The van der Waals surface area contributed by atoms with Crippen molar-refractivity contribution in [1.29, 1.82) is 0 Å². The lowest BCUT2D eigenvalue weighted by Gasteiger charge is -2.31. The highest BCUT2D eigenvalue weighted by Crippen LogP contribution is 2.39. The number of carbonyl (C=O) groups excluding carboxylic acids is 1. The Balaban J connectivity index is 2.23. The Morgan fingerprint density at radius 1 is 1.26 bits per heavy atom. The van der Waals surface area contributed by atoms with Crippen molar-refractivity contribution >= 4 is 5.91 Å². The summed E-state index contributed by atoms with van der Waals surface area (Å²) in [6, 6.07) is 6.10. The summed E-state index contributed by atoms with van der Waals surface area (Å²) in [6.07, 6.45) is 2.11. The molecule has 23 heavy (non-hydrogen) atoms. The summed E-state index contributed by atoms with van der Waals surface area (Å²) in [5.74, 6) is 1.68. The van der Waals surface area contributed by atoms with Gasteiger partial charge in [-0.15, -0.1) is 0 Å². The van der Waals surface area contributed by atoms with Gasteiger partial charge in [0.2, 0.25) is 5.91 Å². The van der Waals surface area contributed by atoms with Gasteiger partial charge in [0.05, 0.1) is 20.3 Å². The van der Waals surface area contributed by atoms with Gasteiger partial charge in [-0.25, -0.2) is 0 Å². The molecule has 2 rings (SSSR count). The number of likely N-dealkylation sites (tertiary alicyclic amines) is 1. The van der Waals surface area contributed by atoms with Gasteiger partial charge in [-0.05, 0) is 46.2 Å². The summed E-state index contributed by atoms with van der Waals surface area (Å²) < 4.78 is 10.8. The second-order valence-corrected chi connectivity index (χ2v) is 6.34. The van der Waals surface area contributed by atoms with Gasteiger partial charge in [0.25, 0.3) is 0 Å². The maximum Gasteiger partial charge on any atom is 0.237 e. The van der Waals surface area contributed by atoms with Gasteiger partial charge in [-0.1, -0.05) is 6.07 Å². The van der Waals surface area contributed by atoms with Gasteiger partial charge in [0.1, 0.15) is 11.5 Å². The van der Waals surface area contributed by atoms with Gasteiger partial charge >= 0.3 is 0 Å². The standard InChI is InChI=1S/C18H28N2O3/c1-12(2)19-18(21)13(3)20-10-6-7-16(20)15-9-8-14(22-4)11-17(15)23-5/h8-9,11-13,16H,6-7,10H2,1-5H3,(H,19,21)/t13-,16+/m0/s1. The van der Waals surface area contributed by atoms with E-state index < -0.39 is 0 Å². The van der Waals surface area contributed by atoms with E-state index in [4.69, 9.17) is 9.47 Å². The highest BCUT2D eigenvalue weighted by atomic mass is 16.5. The summed E-state index contributed by atoms with van der Waals surface area (Å²) in [5, 5.41) is 3.01. The molecule has 1 N–H and O–H groups in total. The first-order valence-corrected chi connectivity index (χ1v) is 8.26. The molecular formula is C18H28N2O3. The third-order valence-electron chi connectivity index (χ3n) is 4.40. The summed E-state index contributed by atoms with van der Waals surface area (Å²) >= 11 is 0. The predicted octanol–water partition coefficient (Wildman–Crippen LogP) is 2.75. The van der Waals surface area contributed by atoms with Gasteiger partial charge in [-0.3, -0.25) is 9.69 Å². The van der Waals surface area contributed by atoms with Crippen molar-refractivity contribution in [2.24, 2.45) is 0 Å². The maximum atomic E-state index is 12.4. The Morgan fingerprint density at radius 2 is 2.00 bits per heavy atom. The number of rotatable bonds is 6. The number of nitrogens with one attached hydrogen (secondary N) is 1. The predicted molar refractivity (Wildman–Crippen MR) is 91.0 cm³/mol. The monoisotopic (exact) mass is 320 g/mol. The van der Waals surface area contributed by atoms with Crippen LogP contribution in [0.4, 0.5) is 0 Å². The number of nitrogens with zero attached hydrogens (tertiary/aromatic N) is 1. The van der Waals surface area contributed by atoms with Crippen molar-refractivity contribution < 1.29 is 14.3 Å². The number of hydrogen-bond acceptors (Lipinski definition) is 4. The fourth-order valence-corrected chi connectivity index (χ4v) is 3.24. The SMILES string of the molecule is COc1ccc([C@H]2CCCN2[C@@H](C)C(=O)NC(C)C)c(OC)c1. The Morgan fingerprint density at radius 3 is 2.61 bits per heavy atom. The Kier molecular flexibility index (Phi) is 5.88. The van der Waals surface area contributed by atoms with E-state index in [1.165, 1.54) is 0 Å². The molecular weight excluding hydrogens is 292 g/mol. The molecule has 0 saturated carbocycles. The molecule has 1 fully saturated rings. The maximum absolute atomic E-state index is 12.4. The third kappa shape index (κ3) is 3.96. The van der Waals surface area contributed by atoms with Crippen molar-refractivity contribution in [2.75, 3.05) is 20.8 Å². The Hall–Kier alpha value is -1.75. The van der Waals surface area contributed by atoms with Crippen molar-refractivity contribution in [2.45, 2.75) is 51.7 Å². The first-order chi connectivity index (χ1) is 11.0. The molecule has 128 valence electrons. The highest BCUT2D eigenvalue weighted by Gasteiger charge is 2.34. The number of benzene rings is 1. The van der Waals surface area contributed by atoms with E-state index in [0.29, 0.717) is 0 Å². The number of carbonyl (C=O) groups is 1. The molecule has 1 amide bonds. The second-order valence-electron chi connectivity index (χ2n) is 6.34. The van der Waals surface area contributed by atoms with Gasteiger partial charge < -0.3 is 14.8 Å². The molecule has 0 unspecified atom stereocenters. The van der Waals surface area contributed by atoms with Crippen LogP contribution in [0.25, 0.3) is 0 Å². The molecule has 0 bridgehead atoms. The minimum atomic E-state index is -0.156. The molecule has 0 aliphatic carbocycles. The highest BCUT2D eigenvalue weighted by molar-refractivity contribution is 5.81. The number of hydrogen-bond donors (Lipinski definition) is 1. The van der Waals surface area contributed by atoms with Crippen LogP contribution >= 0.6 is 0 Å². The first kappa shape index (κ1) is 17.6. The Bertz CT molecular complexity index is 545. The average Bonchev–Trinajstić information content (AvgIpc) is 3.01. The van der Waals surface area contributed by atoms with Gasteiger partial charge in [0, 0.05) is 23.7 Å². The van der Waals surface area contributed by atoms with Gasteiger partial charge in [0.15, 0.2) is 0 Å². The molecule has 2 atom stereocenters. The number of ether oxygens (including phenoxy) is 2. The van der Waals surface area contributed by atoms with Crippen LogP contribution in [0.2, 0.25) is 0 Å². The number of amides is 1. The van der Waals surface area contributed by atoms with Crippen LogP contribution in [0.3, 0.4) is 0 Å². The fraction of sp³-hybridized carbons (Fsp3) is 0.611. The van der Waals surface area contributed by atoms with Crippen molar-refractivity contribution in [3.05, 3.63) is 23.8 Å². The molecule has 0 aromatic heterocycles. The van der Waals surface area contributed by atoms with E-state index in [9.17, 15) is 4.79 Å². The lowest BCUT2D eigenvalue weighted by molar-refractivity contribution is -0.126. The largest absolute Gasteiger partial charge is 0.497 e. The molecule has 1 heterocycles. The minimum Gasteiger partial charge on any atom is -0.497 e. The van der Waals surface area contributed by atoms with Crippen molar-refractivity contribution in [3.63, 3.8) is 0 Å². The molecule has 1 aliphatic heterocycles. The van der Waals surface area contributed by atoms with E-state index in [0.717, 1.165) is 36.4 Å². The van der Waals surface area contributed by atoms with E-state index in [-0.39, 0.29) is 24.0 Å². The summed E-state index contributed by atoms with van der Waals surface area (Å²) in [7, 11) is 3.32. The normalized spacial score (nSPS) is 19.7. The zero-order chi connectivity index (χ0) is 17.0. The molecule has 1 aromatic rings. The third-order valence-corrected chi connectivity index (χ3v) is 4.40. The molecule has 1 aliphatic rings. The van der Waals surface area contributed by atoms with Crippen LogP contribution in [-0.4, -0.2) is 43.7 Å². The summed E-state index contributed by atoms with van der Waals surface area (Å²) in [4.78, 5) is 14.6. The van der Waals surface area contributed by atoms with Crippen LogP contribution in [-0.2, 0) is 4.79 Å². The zero-order valence-electron chi connectivity index (χ0n) is 14.8. The van der Waals surface area contributed by atoms with Crippen LogP contribution in [0.5, 0.6) is 11.5 Å². The summed E-state index contributed by atoms with van der Waals surface area (Å²) in [5.41, 5.74) is 1.12. The lowest BCUT2D eigenvalue weighted by atomic mass is 10.0. The van der Waals surface area contributed by atoms with Crippen LogP contribution in [0, 0.1) is 0 Å². The Labute approximate surface area is 139 Å². The van der Waals surface area contributed by atoms with Crippen LogP contribution in [0.15, 0.2) is 18.2 Å². The molecule has 1 saturated heterocycles. The number of methoxy groups -OCH3 is 2. The molecule has 5 heteroatoms. The van der Waals surface area contributed by atoms with E-state index >= 15 is 0 Å². The topological polar surface area (TPSA) is 50.8 Å². The van der Waals surface area contributed by atoms with Crippen LogP contribution < -0.4 is 14.8 Å². The molecule has 0 radical (unpaired) electrons. The minimum absolute atomic E-state index is 0.0828. The van der Waals surface area contributed by atoms with Gasteiger partial charge in [-0.2, -0.15) is 0 Å². The zero-order valence-corrected chi connectivity index (χ0v) is 14.8. The second kappa shape index (κ2) is 7.68. The average molecular weight is 320 g/mol. The van der Waals surface area contributed by atoms with Crippen molar-refractivity contribution in [1.82, 2.24) is 10.2 Å². The van der Waals surface area contributed by atoms with Crippen molar-refractivity contribution in [3.8, 4) is 11.5 Å². The fourth-order valence-electron chi connectivity index (χ4n) is 3.24. The quantitative estimate of drug-likeness (QED) is 0.875. The van der Waals surface area contributed by atoms with E-state index in [1.54, 1.807) is 14.2 Å². The molecule has 0 spiro atoms. The smallest absolute Gasteiger partial charge is 0.237 e. The molecule has 1 aromatic carbocycles.